The number of aliphatic hydroxyl groups is 1. The second-order valence-electron chi connectivity index (χ2n) is 6.60. The highest BCUT2D eigenvalue weighted by molar-refractivity contribution is 5.78. The van der Waals surface area contributed by atoms with Gasteiger partial charge in [0, 0.05) is 13.1 Å². The molecule has 1 heterocycles. The van der Waals surface area contributed by atoms with Crippen molar-refractivity contribution in [2.75, 3.05) is 19.7 Å². The first-order valence-electron chi connectivity index (χ1n) is 8.34. The van der Waals surface area contributed by atoms with Crippen LogP contribution < -0.4 is 4.74 Å². The molecule has 3 rings (SSSR count). The van der Waals surface area contributed by atoms with Crippen molar-refractivity contribution in [3.8, 4) is 5.75 Å². The summed E-state index contributed by atoms with van der Waals surface area (Å²) in [7, 11) is 0. The smallest absolute Gasteiger partial charge is 0.260 e. The Hall–Kier alpha value is -1.55. The fraction of sp³-hybridized carbons (Fsp3) is 0.611. The SMILES string of the molecule is CC1CCN(C(=O)COc2ccc3c(c2)CCCC3)CC1O. The number of fused-ring (bicyclic) bond motifs is 1. The van der Waals surface area contributed by atoms with E-state index in [9.17, 15) is 9.90 Å². The number of rotatable bonds is 3. The molecule has 22 heavy (non-hydrogen) atoms. The highest BCUT2D eigenvalue weighted by Crippen LogP contribution is 2.25. The van der Waals surface area contributed by atoms with Gasteiger partial charge in [-0.1, -0.05) is 13.0 Å². The minimum absolute atomic E-state index is 0.0383. The van der Waals surface area contributed by atoms with Gasteiger partial charge in [0.05, 0.1) is 6.10 Å². The first kappa shape index (κ1) is 15.3. The van der Waals surface area contributed by atoms with E-state index in [4.69, 9.17) is 4.74 Å². The van der Waals surface area contributed by atoms with Crippen LogP contribution >= 0.6 is 0 Å². The molecule has 0 radical (unpaired) electrons. The van der Waals surface area contributed by atoms with Gasteiger partial charge in [-0.05, 0) is 61.3 Å². The number of β-amino-alcohol motifs (C(OH)–C–C–N with tert-alkyl or cyclic N) is 1. The molecule has 1 saturated heterocycles. The zero-order chi connectivity index (χ0) is 15.5. The van der Waals surface area contributed by atoms with Crippen LogP contribution in [0.3, 0.4) is 0 Å². The lowest BCUT2D eigenvalue weighted by Gasteiger charge is -2.34. The van der Waals surface area contributed by atoms with Gasteiger partial charge in [-0.3, -0.25) is 4.79 Å². The molecular weight excluding hydrogens is 278 g/mol. The molecule has 0 spiro atoms. The van der Waals surface area contributed by atoms with Crippen LogP contribution in [0.1, 0.15) is 37.3 Å². The summed E-state index contributed by atoms with van der Waals surface area (Å²) in [6.45, 7) is 3.22. The molecule has 2 aliphatic rings. The van der Waals surface area contributed by atoms with Crippen LogP contribution in [0.25, 0.3) is 0 Å². The van der Waals surface area contributed by atoms with E-state index >= 15 is 0 Å². The molecule has 120 valence electrons. The Balaban J connectivity index is 1.55. The number of hydrogen-bond acceptors (Lipinski definition) is 3. The summed E-state index contributed by atoms with van der Waals surface area (Å²) < 4.78 is 5.68. The maximum Gasteiger partial charge on any atom is 0.260 e. The van der Waals surface area contributed by atoms with Gasteiger partial charge in [-0.2, -0.15) is 0 Å². The fourth-order valence-electron chi connectivity index (χ4n) is 3.31. The Morgan fingerprint density at radius 1 is 1.32 bits per heavy atom. The summed E-state index contributed by atoms with van der Waals surface area (Å²) in [6, 6.07) is 6.17. The van der Waals surface area contributed by atoms with Crippen molar-refractivity contribution in [3.05, 3.63) is 29.3 Å². The van der Waals surface area contributed by atoms with Crippen LogP contribution in [0.2, 0.25) is 0 Å². The highest BCUT2D eigenvalue weighted by Gasteiger charge is 2.27. The van der Waals surface area contributed by atoms with E-state index in [1.165, 1.54) is 24.0 Å². The van der Waals surface area contributed by atoms with Gasteiger partial charge in [0.25, 0.3) is 5.91 Å². The Morgan fingerprint density at radius 2 is 2.09 bits per heavy atom. The standard InChI is InChI=1S/C18H25NO3/c1-13-8-9-19(11-17(13)20)18(21)12-22-16-7-6-14-4-2-3-5-15(14)10-16/h6-7,10,13,17,20H,2-5,8-9,11-12H2,1H3. The average molecular weight is 303 g/mol. The summed E-state index contributed by atoms with van der Waals surface area (Å²) in [4.78, 5) is 13.9. The summed E-state index contributed by atoms with van der Waals surface area (Å²) in [5.41, 5.74) is 2.77. The van der Waals surface area contributed by atoms with E-state index in [1.807, 2.05) is 13.0 Å². The van der Waals surface area contributed by atoms with Crippen molar-refractivity contribution in [1.82, 2.24) is 4.90 Å². The number of carbonyl (C=O) groups excluding carboxylic acids is 1. The molecule has 1 N–H and O–H groups in total. The lowest BCUT2D eigenvalue weighted by atomic mass is 9.92. The predicted molar refractivity (Wildman–Crippen MR) is 84.9 cm³/mol. The average Bonchev–Trinajstić information content (AvgIpc) is 2.55. The van der Waals surface area contributed by atoms with E-state index in [0.29, 0.717) is 13.1 Å². The van der Waals surface area contributed by atoms with Crippen LogP contribution in [0.15, 0.2) is 18.2 Å². The minimum Gasteiger partial charge on any atom is -0.484 e. The second kappa shape index (κ2) is 6.69. The van der Waals surface area contributed by atoms with Gasteiger partial charge in [-0.15, -0.1) is 0 Å². The third kappa shape index (κ3) is 3.43. The van der Waals surface area contributed by atoms with Crippen molar-refractivity contribution in [2.45, 2.75) is 45.1 Å². The van der Waals surface area contributed by atoms with Gasteiger partial charge in [-0.25, -0.2) is 0 Å². The zero-order valence-corrected chi connectivity index (χ0v) is 13.3. The number of benzene rings is 1. The van der Waals surface area contributed by atoms with Crippen molar-refractivity contribution >= 4 is 5.91 Å². The normalized spacial score (nSPS) is 24.7. The first-order chi connectivity index (χ1) is 10.6. The second-order valence-corrected chi connectivity index (χ2v) is 6.60. The molecule has 1 aliphatic heterocycles. The summed E-state index contributed by atoms with van der Waals surface area (Å²) in [5, 5.41) is 9.88. The number of piperidine rings is 1. The number of carbonyl (C=O) groups is 1. The highest BCUT2D eigenvalue weighted by atomic mass is 16.5. The Bertz CT molecular complexity index is 543. The molecule has 0 bridgehead atoms. The topological polar surface area (TPSA) is 49.8 Å². The molecule has 1 aromatic rings. The van der Waals surface area contributed by atoms with E-state index < -0.39 is 6.10 Å². The monoisotopic (exact) mass is 303 g/mol. The number of nitrogens with zero attached hydrogens (tertiary/aromatic N) is 1. The van der Waals surface area contributed by atoms with Crippen LogP contribution in [0.5, 0.6) is 5.75 Å². The molecule has 1 amide bonds. The molecule has 0 aromatic heterocycles. The number of aryl methyl sites for hydroxylation is 2. The predicted octanol–water partition coefficient (Wildman–Crippen LogP) is 2.17. The van der Waals surface area contributed by atoms with Crippen LogP contribution in [0.4, 0.5) is 0 Å². The maximum absolute atomic E-state index is 12.2. The molecule has 4 heteroatoms. The summed E-state index contributed by atoms with van der Waals surface area (Å²) in [6.07, 6.45) is 5.20. The summed E-state index contributed by atoms with van der Waals surface area (Å²) >= 11 is 0. The van der Waals surface area contributed by atoms with E-state index in [0.717, 1.165) is 25.0 Å². The molecular formula is C18H25NO3. The molecule has 4 nitrogen and oxygen atoms in total. The van der Waals surface area contributed by atoms with Gasteiger partial charge in [0.2, 0.25) is 0 Å². The third-order valence-electron chi connectivity index (χ3n) is 4.95. The summed E-state index contributed by atoms with van der Waals surface area (Å²) in [5.74, 6) is 1.01. The Labute approximate surface area is 132 Å². The Kier molecular flexibility index (Phi) is 4.67. The van der Waals surface area contributed by atoms with E-state index in [2.05, 4.69) is 12.1 Å². The number of hydrogen-bond donors (Lipinski definition) is 1. The molecule has 2 atom stereocenters. The maximum atomic E-state index is 12.2. The number of amides is 1. The van der Waals surface area contributed by atoms with Crippen molar-refractivity contribution < 1.29 is 14.6 Å². The molecule has 1 aromatic carbocycles. The van der Waals surface area contributed by atoms with E-state index in [1.54, 1.807) is 4.90 Å². The Morgan fingerprint density at radius 3 is 2.86 bits per heavy atom. The fourth-order valence-corrected chi connectivity index (χ4v) is 3.31. The molecule has 1 aliphatic carbocycles. The van der Waals surface area contributed by atoms with Crippen LogP contribution in [-0.2, 0) is 17.6 Å². The van der Waals surface area contributed by atoms with Crippen LogP contribution in [0, 0.1) is 5.92 Å². The first-order valence-corrected chi connectivity index (χ1v) is 8.34. The molecule has 1 fully saturated rings. The minimum atomic E-state index is -0.415. The third-order valence-corrected chi connectivity index (χ3v) is 4.95. The van der Waals surface area contributed by atoms with Gasteiger partial charge in [0.15, 0.2) is 6.61 Å². The number of aliphatic hydroxyl groups excluding tert-OH is 1. The van der Waals surface area contributed by atoms with Crippen molar-refractivity contribution in [2.24, 2.45) is 5.92 Å². The number of ether oxygens (including phenoxy) is 1. The number of likely N-dealkylation sites (tertiary alicyclic amines) is 1. The van der Waals surface area contributed by atoms with E-state index in [-0.39, 0.29) is 18.4 Å². The van der Waals surface area contributed by atoms with Gasteiger partial charge >= 0.3 is 0 Å². The lowest BCUT2D eigenvalue weighted by Crippen LogP contribution is -2.47. The largest absolute Gasteiger partial charge is 0.484 e. The van der Waals surface area contributed by atoms with Crippen LogP contribution in [-0.4, -0.2) is 41.7 Å². The van der Waals surface area contributed by atoms with Crippen molar-refractivity contribution in [1.29, 1.82) is 0 Å². The van der Waals surface area contributed by atoms with Gasteiger partial charge < -0.3 is 14.7 Å². The quantitative estimate of drug-likeness (QED) is 0.931. The zero-order valence-electron chi connectivity index (χ0n) is 13.3. The molecule has 0 saturated carbocycles. The van der Waals surface area contributed by atoms with Gasteiger partial charge in [0.1, 0.15) is 5.75 Å². The lowest BCUT2D eigenvalue weighted by molar-refractivity contribution is -0.137. The molecule has 2 unspecified atom stereocenters. The van der Waals surface area contributed by atoms with Crippen molar-refractivity contribution in [3.63, 3.8) is 0 Å².